The van der Waals surface area contributed by atoms with Crippen molar-refractivity contribution in [3.8, 4) is 0 Å². The quantitative estimate of drug-likeness (QED) is 0.922. The van der Waals surface area contributed by atoms with Crippen molar-refractivity contribution in [2.75, 3.05) is 13.1 Å². The van der Waals surface area contributed by atoms with Gasteiger partial charge in [0.25, 0.3) is 0 Å². The van der Waals surface area contributed by atoms with Gasteiger partial charge in [-0.1, -0.05) is 12.8 Å². The summed E-state index contributed by atoms with van der Waals surface area (Å²) in [4.78, 5) is 2.71. The van der Waals surface area contributed by atoms with Crippen LogP contribution in [0.5, 0.6) is 0 Å². The lowest BCUT2D eigenvalue weighted by Gasteiger charge is -2.47. The van der Waals surface area contributed by atoms with Crippen LogP contribution in [-0.4, -0.2) is 33.8 Å². The van der Waals surface area contributed by atoms with Crippen LogP contribution in [0.4, 0.5) is 0 Å². The van der Waals surface area contributed by atoms with E-state index in [4.69, 9.17) is 5.73 Å². The third kappa shape index (κ3) is 2.51. The van der Waals surface area contributed by atoms with Crippen LogP contribution >= 0.6 is 0 Å². The molecule has 2 N–H and O–H groups in total. The van der Waals surface area contributed by atoms with Gasteiger partial charge in [-0.15, -0.1) is 0 Å². The molecule has 20 heavy (non-hydrogen) atoms. The third-order valence-electron chi connectivity index (χ3n) is 5.32. The molecule has 1 aliphatic heterocycles. The van der Waals surface area contributed by atoms with Crippen molar-refractivity contribution in [3.05, 3.63) is 17.5 Å². The third-order valence-corrected chi connectivity index (χ3v) is 5.32. The molecule has 3 atom stereocenters. The van der Waals surface area contributed by atoms with Crippen molar-refractivity contribution in [1.29, 1.82) is 0 Å². The fourth-order valence-corrected chi connectivity index (χ4v) is 4.44. The van der Waals surface area contributed by atoms with E-state index < -0.39 is 0 Å². The summed E-state index contributed by atoms with van der Waals surface area (Å²) < 4.78 is 1.93. The van der Waals surface area contributed by atoms with Crippen molar-refractivity contribution >= 4 is 0 Å². The fraction of sp³-hybridized carbons (Fsp3) is 0.812. The Kier molecular flexibility index (Phi) is 4.13. The summed E-state index contributed by atoms with van der Waals surface area (Å²) >= 11 is 0. The first-order chi connectivity index (χ1) is 9.70. The molecule has 2 heterocycles. The largest absolute Gasteiger partial charge is 0.329 e. The molecule has 0 spiro atoms. The molecule has 1 saturated heterocycles. The molecule has 1 aromatic rings. The normalized spacial score (nSPS) is 29.1. The van der Waals surface area contributed by atoms with E-state index in [1.165, 1.54) is 50.6 Å². The van der Waals surface area contributed by atoms with Gasteiger partial charge in [-0.3, -0.25) is 9.58 Å². The first-order valence-electron chi connectivity index (χ1n) is 8.16. The molecule has 3 unspecified atom stereocenters. The highest BCUT2D eigenvalue weighted by molar-refractivity contribution is 5.21. The Morgan fingerprint density at radius 1 is 1.30 bits per heavy atom. The van der Waals surface area contributed by atoms with Crippen molar-refractivity contribution < 1.29 is 0 Å². The molecule has 0 amide bonds. The van der Waals surface area contributed by atoms with Gasteiger partial charge < -0.3 is 5.73 Å². The summed E-state index contributed by atoms with van der Waals surface area (Å²) in [7, 11) is 2.00. The van der Waals surface area contributed by atoms with Gasteiger partial charge in [0.1, 0.15) is 0 Å². The second-order valence-electron chi connectivity index (χ2n) is 6.59. The maximum Gasteiger partial charge on any atom is 0.0641 e. The van der Waals surface area contributed by atoms with E-state index >= 15 is 0 Å². The standard InChI is InChI=1S/C16H28N4/c1-12-14(11-19(2)18-12)16(10-17)20-9-5-7-13-6-3-4-8-15(13)20/h11,13,15-16H,3-10,17H2,1-2H3. The maximum atomic E-state index is 6.16. The average molecular weight is 276 g/mol. The Morgan fingerprint density at radius 3 is 2.75 bits per heavy atom. The summed E-state index contributed by atoms with van der Waals surface area (Å²) in [6.45, 7) is 4.02. The Balaban J connectivity index is 1.86. The lowest BCUT2D eigenvalue weighted by atomic mass is 9.77. The van der Waals surface area contributed by atoms with Gasteiger partial charge in [0.15, 0.2) is 0 Å². The van der Waals surface area contributed by atoms with Crippen LogP contribution in [0, 0.1) is 12.8 Å². The molecule has 2 aliphatic rings. The molecule has 1 saturated carbocycles. The topological polar surface area (TPSA) is 47.1 Å². The van der Waals surface area contributed by atoms with Crippen LogP contribution in [-0.2, 0) is 7.05 Å². The number of nitrogens with two attached hydrogens (primary N) is 1. The summed E-state index contributed by atoms with van der Waals surface area (Å²) in [5.74, 6) is 0.906. The zero-order valence-electron chi connectivity index (χ0n) is 12.9. The van der Waals surface area contributed by atoms with Crippen molar-refractivity contribution in [2.45, 2.75) is 57.5 Å². The van der Waals surface area contributed by atoms with Crippen LogP contribution in [0.3, 0.4) is 0 Å². The minimum absolute atomic E-state index is 0.356. The molecule has 112 valence electrons. The first kappa shape index (κ1) is 14.1. The minimum Gasteiger partial charge on any atom is -0.329 e. The molecule has 1 aromatic heterocycles. The van der Waals surface area contributed by atoms with Gasteiger partial charge in [-0.2, -0.15) is 5.10 Å². The first-order valence-corrected chi connectivity index (χ1v) is 8.16. The molecule has 0 bridgehead atoms. The van der Waals surface area contributed by atoms with Gasteiger partial charge in [0.2, 0.25) is 0 Å². The molecule has 0 radical (unpaired) electrons. The molecule has 3 rings (SSSR count). The SMILES string of the molecule is Cc1nn(C)cc1C(CN)N1CCCC2CCCCC21. The number of piperidine rings is 1. The number of nitrogens with zero attached hydrogens (tertiary/aromatic N) is 3. The lowest BCUT2D eigenvalue weighted by Crippen LogP contribution is -2.50. The summed E-state index contributed by atoms with van der Waals surface area (Å²) in [6.07, 6.45) is 10.5. The highest BCUT2D eigenvalue weighted by Gasteiger charge is 2.37. The molecule has 1 aliphatic carbocycles. The zero-order valence-corrected chi connectivity index (χ0v) is 12.9. The van der Waals surface area contributed by atoms with E-state index in [1.807, 2.05) is 11.7 Å². The Bertz CT molecular complexity index is 451. The Labute approximate surface area is 122 Å². The monoisotopic (exact) mass is 276 g/mol. The lowest BCUT2D eigenvalue weighted by molar-refractivity contribution is 0.0274. The van der Waals surface area contributed by atoms with Crippen LogP contribution in [0.15, 0.2) is 6.20 Å². The number of aryl methyl sites for hydroxylation is 2. The zero-order chi connectivity index (χ0) is 14.1. The fourth-order valence-electron chi connectivity index (χ4n) is 4.44. The molecule has 2 fully saturated rings. The number of fused-ring (bicyclic) bond motifs is 1. The maximum absolute atomic E-state index is 6.16. The minimum atomic E-state index is 0.356. The smallest absolute Gasteiger partial charge is 0.0641 e. The summed E-state index contributed by atoms with van der Waals surface area (Å²) in [6, 6.07) is 1.11. The second-order valence-corrected chi connectivity index (χ2v) is 6.59. The Hall–Kier alpha value is -0.870. The van der Waals surface area contributed by atoms with Gasteiger partial charge in [0.05, 0.1) is 11.7 Å². The van der Waals surface area contributed by atoms with E-state index in [1.54, 1.807) is 0 Å². The summed E-state index contributed by atoms with van der Waals surface area (Å²) in [5.41, 5.74) is 8.63. The molecule has 4 nitrogen and oxygen atoms in total. The predicted octanol–water partition coefficient (Wildman–Crippen LogP) is 2.38. The number of likely N-dealkylation sites (tertiary alicyclic amines) is 1. The van der Waals surface area contributed by atoms with Gasteiger partial charge in [0, 0.05) is 31.4 Å². The van der Waals surface area contributed by atoms with Gasteiger partial charge in [-0.05, 0) is 45.1 Å². The van der Waals surface area contributed by atoms with Crippen LogP contribution in [0.1, 0.15) is 55.8 Å². The average Bonchev–Trinajstić information content (AvgIpc) is 2.79. The van der Waals surface area contributed by atoms with Crippen LogP contribution in [0.2, 0.25) is 0 Å². The van der Waals surface area contributed by atoms with E-state index in [0.717, 1.165) is 17.7 Å². The predicted molar refractivity (Wildman–Crippen MR) is 81.4 cm³/mol. The van der Waals surface area contributed by atoms with E-state index in [9.17, 15) is 0 Å². The van der Waals surface area contributed by atoms with Crippen molar-refractivity contribution in [2.24, 2.45) is 18.7 Å². The van der Waals surface area contributed by atoms with E-state index in [0.29, 0.717) is 12.6 Å². The van der Waals surface area contributed by atoms with Crippen molar-refractivity contribution in [3.63, 3.8) is 0 Å². The van der Waals surface area contributed by atoms with Crippen LogP contribution in [0.25, 0.3) is 0 Å². The highest BCUT2D eigenvalue weighted by atomic mass is 15.3. The second kappa shape index (κ2) is 5.86. The van der Waals surface area contributed by atoms with Crippen LogP contribution < -0.4 is 5.73 Å². The number of aromatic nitrogens is 2. The highest BCUT2D eigenvalue weighted by Crippen LogP contribution is 2.39. The Morgan fingerprint density at radius 2 is 2.05 bits per heavy atom. The number of hydrogen-bond donors (Lipinski definition) is 1. The van der Waals surface area contributed by atoms with Crippen molar-refractivity contribution in [1.82, 2.24) is 14.7 Å². The molecular weight excluding hydrogens is 248 g/mol. The van der Waals surface area contributed by atoms with E-state index in [-0.39, 0.29) is 0 Å². The molecule has 4 heteroatoms. The number of hydrogen-bond acceptors (Lipinski definition) is 3. The number of rotatable bonds is 3. The van der Waals surface area contributed by atoms with Gasteiger partial charge in [-0.25, -0.2) is 0 Å². The van der Waals surface area contributed by atoms with Gasteiger partial charge >= 0.3 is 0 Å². The summed E-state index contributed by atoms with van der Waals surface area (Å²) in [5, 5.41) is 4.51. The molecular formula is C16H28N4. The van der Waals surface area contributed by atoms with E-state index in [2.05, 4.69) is 23.1 Å². The molecule has 0 aromatic carbocycles.